The Morgan fingerprint density at radius 3 is 2.94 bits per heavy atom. The van der Waals surface area contributed by atoms with Gasteiger partial charge in [-0.1, -0.05) is 6.92 Å². The Bertz CT molecular complexity index is 393. The third-order valence-corrected chi connectivity index (χ3v) is 3.82. The fourth-order valence-electron chi connectivity index (χ4n) is 2.67. The zero-order chi connectivity index (χ0) is 13.0. The Labute approximate surface area is 115 Å². The van der Waals surface area contributed by atoms with E-state index in [1.54, 1.807) is 0 Å². The Balaban J connectivity index is 2.24. The van der Waals surface area contributed by atoms with Crippen LogP contribution in [0.3, 0.4) is 0 Å². The van der Waals surface area contributed by atoms with Gasteiger partial charge in [-0.3, -0.25) is 0 Å². The third-order valence-electron chi connectivity index (χ3n) is 3.60. The Hall–Kier alpha value is -0.830. The highest BCUT2D eigenvalue weighted by Gasteiger charge is 2.23. The van der Waals surface area contributed by atoms with Crippen LogP contribution < -0.4 is 4.90 Å². The fourth-order valence-corrected chi connectivity index (χ4v) is 2.92. The van der Waals surface area contributed by atoms with Gasteiger partial charge in [-0.15, -0.1) is 11.6 Å². The van der Waals surface area contributed by atoms with E-state index in [1.165, 1.54) is 19.3 Å². The molecule has 1 fully saturated rings. The second-order valence-corrected chi connectivity index (χ2v) is 5.32. The molecule has 0 bridgehead atoms. The third kappa shape index (κ3) is 3.14. The zero-order valence-electron chi connectivity index (χ0n) is 11.3. The normalized spacial score (nSPS) is 20.2. The van der Waals surface area contributed by atoms with Crippen molar-refractivity contribution in [1.82, 2.24) is 9.97 Å². The number of aryl methyl sites for hydroxylation is 2. The maximum absolute atomic E-state index is 5.92. The molecule has 3 nitrogen and oxygen atoms in total. The van der Waals surface area contributed by atoms with Crippen LogP contribution in [-0.4, -0.2) is 28.4 Å². The van der Waals surface area contributed by atoms with Gasteiger partial charge >= 0.3 is 0 Å². The first-order valence-corrected chi connectivity index (χ1v) is 7.45. The summed E-state index contributed by atoms with van der Waals surface area (Å²) in [6.45, 7) is 5.21. The lowest BCUT2D eigenvalue weighted by molar-refractivity contribution is 0.447. The molecule has 0 amide bonds. The summed E-state index contributed by atoms with van der Waals surface area (Å²) in [5, 5.41) is 0. The van der Waals surface area contributed by atoms with E-state index in [1.807, 2.05) is 6.92 Å². The van der Waals surface area contributed by atoms with E-state index in [-0.39, 0.29) is 0 Å². The SMILES string of the molecule is CCc1cc(N2CCCCC2CCCl)nc(C)n1. The molecule has 0 spiro atoms. The summed E-state index contributed by atoms with van der Waals surface area (Å²) >= 11 is 5.92. The average Bonchev–Trinajstić information content (AvgIpc) is 2.39. The molecule has 1 saturated heterocycles. The van der Waals surface area contributed by atoms with Crippen molar-refractivity contribution in [3.05, 3.63) is 17.6 Å². The van der Waals surface area contributed by atoms with Gasteiger partial charge in [-0.2, -0.15) is 0 Å². The van der Waals surface area contributed by atoms with Gasteiger partial charge in [0.25, 0.3) is 0 Å². The van der Waals surface area contributed by atoms with Crippen LogP contribution in [0.4, 0.5) is 5.82 Å². The molecule has 0 N–H and O–H groups in total. The molecule has 4 heteroatoms. The smallest absolute Gasteiger partial charge is 0.132 e. The summed E-state index contributed by atoms with van der Waals surface area (Å²) < 4.78 is 0. The molecular formula is C14H22ClN3. The van der Waals surface area contributed by atoms with Crippen molar-refractivity contribution in [2.75, 3.05) is 17.3 Å². The molecule has 0 aliphatic carbocycles. The molecular weight excluding hydrogens is 246 g/mol. The topological polar surface area (TPSA) is 29.0 Å². The van der Waals surface area contributed by atoms with Crippen molar-refractivity contribution in [2.45, 2.75) is 52.0 Å². The highest BCUT2D eigenvalue weighted by molar-refractivity contribution is 6.17. The lowest BCUT2D eigenvalue weighted by Crippen LogP contribution is -2.40. The van der Waals surface area contributed by atoms with E-state index < -0.39 is 0 Å². The molecule has 1 aliphatic rings. The fraction of sp³-hybridized carbons (Fsp3) is 0.714. The van der Waals surface area contributed by atoms with Crippen LogP contribution in [0.25, 0.3) is 0 Å². The Morgan fingerprint density at radius 2 is 2.22 bits per heavy atom. The second-order valence-electron chi connectivity index (χ2n) is 4.94. The molecule has 1 unspecified atom stereocenters. The van der Waals surface area contributed by atoms with Crippen LogP contribution in [0, 0.1) is 6.92 Å². The molecule has 100 valence electrons. The number of hydrogen-bond acceptors (Lipinski definition) is 3. The maximum Gasteiger partial charge on any atom is 0.132 e. The van der Waals surface area contributed by atoms with Crippen LogP contribution in [0.2, 0.25) is 0 Å². The molecule has 18 heavy (non-hydrogen) atoms. The van der Waals surface area contributed by atoms with E-state index in [0.29, 0.717) is 6.04 Å². The zero-order valence-corrected chi connectivity index (χ0v) is 12.1. The quantitative estimate of drug-likeness (QED) is 0.784. The van der Waals surface area contributed by atoms with Crippen LogP contribution in [0.5, 0.6) is 0 Å². The molecule has 1 aromatic rings. The highest BCUT2D eigenvalue weighted by Crippen LogP contribution is 2.26. The molecule has 0 radical (unpaired) electrons. The van der Waals surface area contributed by atoms with Gasteiger partial charge in [0.2, 0.25) is 0 Å². The number of alkyl halides is 1. The maximum atomic E-state index is 5.92. The largest absolute Gasteiger partial charge is 0.353 e. The van der Waals surface area contributed by atoms with E-state index in [2.05, 4.69) is 27.9 Å². The summed E-state index contributed by atoms with van der Waals surface area (Å²) in [6.07, 6.45) is 5.81. The molecule has 1 aromatic heterocycles. The first-order valence-electron chi connectivity index (χ1n) is 6.91. The number of halogens is 1. The minimum absolute atomic E-state index is 0.551. The van der Waals surface area contributed by atoms with Crippen LogP contribution in [-0.2, 0) is 6.42 Å². The van der Waals surface area contributed by atoms with Crippen molar-refractivity contribution in [2.24, 2.45) is 0 Å². The highest BCUT2D eigenvalue weighted by atomic mass is 35.5. The Morgan fingerprint density at radius 1 is 1.39 bits per heavy atom. The summed E-state index contributed by atoms with van der Waals surface area (Å²) in [6, 6.07) is 2.69. The number of anilines is 1. The van der Waals surface area contributed by atoms with Crippen molar-refractivity contribution < 1.29 is 0 Å². The summed E-state index contributed by atoms with van der Waals surface area (Å²) in [5.74, 6) is 2.69. The predicted octanol–water partition coefficient (Wildman–Crippen LogP) is 3.34. The van der Waals surface area contributed by atoms with Gasteiger partial charge in [0.15, 0.2) is 0 Å². The van der Waals surface area contributed by atoms with Crippen molar-refractivity contribution in [3.63, 3.8) is 0 Å². The molecule has 1 aliphatic heterocycles. The van der Waals surface area contributed by atoms with Gasteiger partial charge in [-0.25, -0.2) is 9.97 Å². The van der Waals surface area contributed by atoms with Gasteiger partial charge in [0, 0.05) is 30.2 Å². The number of aromatic nitrogens is 2. The van der Waals surface area contributed by atoms with Crippen LogP contribution in [0.1, 0.15) is 44.1 Å². The monoisotopic (exact) mass is 267 g/mol. The average molecular weight is 268 g/mol. The standard InChI is InChI=1S/C14H22ClN3/c1-3-12-10-14(17-11(2)16-12)18-9-5-4-6-13(18)7-8-15/h10,13H,3-9H2,1-2H3. The molecule has 2 heterocycles. The number of hydrogen-bond donors (Lipinski definition) is 0. The summed E-state index contributed by atoms with van der Waals surface area (Å²) in [5.41, 5.74) is 1.13. The lowest BCUT2D eigenvalue weighted by Gasteiger charge is -2.36. The molecule has 0 saturated carbocycles. The predicted molar refractivity (Wildman–Crippen MR) is 76.5 cm³/mol. The van der Waals surface area contributed by atoms with Crippen molar-refractivity contribution in [3.8, 4) is 0 Å². The van der Waals surface area contributed by atoms with Crippen molar-refractivity contribution >= 4 is 17.4 Å². The molecule has 0 aromatic carbocycles. The first-order chi connectivity index (χ1) is 8.74. The van der Waals surface area contributed by atoms with Gasteiger partial charge < -0.3 is 4.90 Å². The minimum Gasteiger partial charge on any atom is -0.353 e. The van der Waals surface area contributed by atoms with Crippen molar-refractivity contribution in [1.29, 1.82) is 0 Å². The van der Waals surface area contributed by atoms with E-state index in [9.17, 15) is 0 Å². The van der Waals surface area contributed by atoms with Gasteiger partial charge in [0.05, 0.1) is 0 Å². The number of rotatable bonds is 4. The summed E-state index contributed by atoms with van der Waals surface area (Å²) in [7, 11) is 0. The first kappa shape index (κ1) is 13.6. The second kappa shape index (κ2) is 6.37. The molecule has 2 rings (SSSR count). The van der Waals surface area contributed by atoms with Gasteiger partial charge in [-0.05, 0) is 39.0 Å². The minimum atomic E-state index is 0.551. The number of nitrogens with zero attached hydrogens (tertiary/aromatic N) is 3. The van der Waals surface area contributed by atoms with Crippen LogP contribution in [0.15, 0.2) is 6.07 Å². The lowest BCUT2D eigenvalue weighted by atomic mass is 10.00. The molecule has 1 atom stereocenters. The van der Waals surface area contributed by atoms with Gasteiger partial charge in [0.1, 0.15) is 11.6 Å². The summed E-state index contributed by atoms with van der Waals surface area (Å²) in [4.78, 5) is 11.5. The van der Waals surface area contributed by atoms with E-state index in [4.69, 9.17) is 11.6 Å². The Kier molecular flexibility index (Phi) is 4.81. The van der Waals surface area contributed by atoms with E-state index >= 15 is 0 Å². The van der Waals surface area contributed by atoms with E-state index in [0.717, 1.165) is 42.6 Å². The number of piperidine rings is 1. The van der Waals surface area contributed by atoms with Crippen LogP contribution >= 0.6 is 11.6 Å².